The van der Waals surface area contributed by atoms with Crippen LogP contribution >= 0.6 is 0 Å². The summed E-state index contributed by atoms with van der Waals surface area (Å²) in [7, 11) is 0. The van der Waals surface area contributed by atoms with Crippen molar-refractivity contribution < 1.29 is 28.6 Å². The van der Waals surface area contributed by atoms with Gasteiger partial charge in [-0.25, -0.2) is 0 Å². The minimum atomic E-state index is -0.790. The lowest BCUT2D eigenvalue weighted by Gasteiger charge is -2.18. The van der Waals surface area contributed by atoms with Gasteiger partial charge in [-0.3, -0.25) is 14.4 Å². The number of ether oxygens (including phenoxy) is 3. The van der Waals surface area contributed by atoms with Crippen molar-refractivity contribution in [2.24, 2.45) is 0 Å². The second-order valence-electron chi connectivity index (χ2n) is 18.8. The zero-order valence-electron chi connectivity index (χ0n) is 45.5. The smallest absolute Gasteiger partial charge is 0.306 e. The highest BCUT2D eigenvalue weighted by Crippen LogP contribution is 2.14. The lowest BCUT2D eigenvalue weighted by Crippen LogP contribution is -2.30. The van der Waals surface area contributed by atoms with Crippen molar-refractivity contribution in [3.8, 4) is 0 Å². The molecule has 1 unspecified atom stereocenters. The number of carbonyl (C=O) groups is 3. The van der Waals surface area contributed by atoms with Gasteiger partial charge in [-0.15, -0.1) is 0 Å². The van der Waals surface area contributed by atoms with E-state index in [-0.39, 0.29) is 31.1 Å². The Bertz CT molecular complexity index is 1440. The van der Waals surface area contributed by atoms with Crippen LogP contribution in [0.5, 0.6) is 0 Å². The van der Waals surface area contributed by atoms with Gasteiger partial charge in [-0.1, -0.05) is 226 Å². The van der Waals surface area contributed by atoms with Crippen molar-refractivity contribution in [3.05, 3.63) is 109 Å². The fraction of sp³-hybridized carbons (Fsp3) is 0.672. The van der Waals surface area contributed by atoms with E-state index in [1.54, 1.807) is 0 Å². The van der Waals surface area contributed by atoms with Gasteiger partial charge in [-0.2, -0.15) is 0 Å². The van der Waals surface area contributed by atoms with Crippen LogP contribution in [-0.2, 0) is 28.6 Å². The molecular weight excluding hydrogens is 865 g/mol. The molecule has 1 atom stereocenters. The zero-order chi connectivity index (χ0) is 50.7. The lowest BCUT2D eigenvalue weighted by molar-refractivity contribution is -0.167. The molecule has 0 radical (unpaired) electrons. The van der Waals surface area contributed by atoms with E-state index in [0.29, 0.717) is 19.3 Å². The second-order valence-corrected chi connectivity index (χ2v) is 18.8. The first-order chi connectivity index (χ1) is 34.5. The third kappa shape index (κ3) is 55.0. The largest absolute Gasteiger partial charge is 0.462 e. The Morgan fingerprint density at radius 2 is 0.586 bits per heavy atom. The molecule has 6 nitrogen and oxygen atoms in total. The van der Waals surface area contributed by atoms with E-state index < -0.39 is 6.10 Å². The molecule has 0 aromatic heterocycles. The predicted molar refractivity (Wildman–Crippen MR) is 302 cm³/mol. The van der Waals surface area contributed by atoms with Gasteiger partial charge in [0.05, 0.1) is 0 Å². The van der Waals surface area contributed by atoms with Gasteiger partial charge in [0.2, 0.25) is 0 Å². The van der Waals surface area contributed by atoms with E-state index in [9.17, 15) is 14.4 Å². The molecule has 0 fully saturated rings. The van der Waals surface area contributed by atoms with Crippen LogP contribution in [-0.4, -0.2) is 37.2 Å². The first-order valence-corrected chi connectivity index (χ1v) is 28.9. The molecule has 0 aromatic rings. The Morgan fingerprint density at radius 1 is 0.300 bits per heavy atom. The Kier molecular flexibility index (Phi) is 54.4. The van der Waals surface area contributed by atoms with Gasteiger partial charge in [0.25, 0.3) is 0 Å². The van der Waals surface area contributed by atoms with Crippen LogP contribution in [0.15, 0.2) is 109 Å². The number of hydrogen-bond acceptors (Lipinski definition) is 6. The lowest BCUT2D eigenvalue weighted by atomic mass is 10.1. The van der Waals surface area contributed by atoms with Gasteiger partial charge >= 0.3 is 17.9 Å². The maximum absolute atomic E-state index is 12.8. The maximum atomic E-state index is 12.8. The molecule has 0 saturated carbocycles. The topological polar surface area (TPSA) is 78.9 Å². The quantitative estimate of drug-likeness (QED) is 0.0262. The highest BCUT2D eigenvalue weighted by atomic mass is 16.6. The molecule has 0 N–H and O–H groups in total. The summed E-state index contributed by atoms with van der Waals surface area (Å²) in [5, 5.41) is 0. The van der Waals surface area contributed by atoms with Crippen LogP contribution in [0, 0.1) is 0 Å². The van der Waals surface area contributed by atoms with Crippen LogP contribution in [0.4, 0.5) is 0 Å². The Morgan fingerprint density at radius 3 is 0.943 bits per heavy atom. The Hall–Kier alpha value is -3.93. The van der Waals surface area contributed by atoms with Crippen molar-refractivity contribution in [2.45, 2.75) is 264 Å². The molecule has 0 rings (SSSR count). The van der Waals surface area contributed by atoms with E-state index >= 15 is 0 Å². The van der Waals surface area contributed by atoms with Gasteiger partial charge < -0.3 is 14.2 Å². The molecule has 0 bridgehead atoms. The van der Waals surface area contributed by atoms with Gasteiger partial charge in [0, 0.05) is 19.3 Å². The molecule has 6 heteroatoms. The summed E-state index contributed by atoms with van der Waals surface area (Å²) in [6, 6.07) is 0. The average molecular weight is 972 g/mol. The monoisotopic (exact) mass is 971 g/mol. The standard InChI is InChI=1S/C64H106O6/c1-4-7-10-13-16-19-22-24-25-26-27-28-29-30-31-32-33-34-35-36-37-38-39-41-42-45-48-51-54-57-63(66)69-60-61(59-68-62(65)56-53-50-47-44-21-18-15-12-9-6-3)70-64(67)58-55-52-49-46-43-40-23-20-17-14-11-8-5-2/h7,10,12,15-16,19-20,23-25,27-28,30-31,33-34,36-37,61H,4-6,8-9,11,13-14,17-18,21-22,26,29,32,35,38-60H2,1-3H3/b10-7-,15-12-,19-16-,23-20-,25-24-,28-27-,31-30-,34-33-,37-36-. The number of rotatable bonds is 51. The summed E-state index contributed by atoms with van der Waals surface area (Å²) < 4.78 is 16.8. The summed E-state index contributed by atoms with van der Waals surface area (Å²) in [6.07, 6.45) is 78.0. The number of unbranched alkanes of at least 4 members (excludes halogenated alkanes) is 22. The molecule has 398 valence electrons. The fourth-order valence-corrected chi connectivity index (χ4v) is 7.65. The molecule has 0 spiro atoms. The van der Waals surface area contributed by atoms with Crippen molar-refractivity contribution >= 4 is 17.9 Å². The fourth-order valence-electron chi connectivity index (χ4n) is 7.65. The van der Waals surface area contributed by atoms with E-state index in [2.05, 4.69) is 130 Å². The van der Waals surface area contributed by atoms with Gasteiger partial charge in [0.15, 0.2) is 6.10 Å². The zero-order valence-corrected chi connectivity index (χ0v) is 45.5. The highest BCUT2D eigenvalue weighted by Gasteiger charge is 2.19. The van der Waals surface area contributed by atoms with Gasteiger partial charge in [0.1, 0.15) is 13.2 Å². The van der Waals surface area contributed by atoms with E-state index in [1.807, 2.05) is 0 Å². The summed E-state index contributed by atoms with van der Waals surface area (Å²) in [4.78, 5) is 38.0. The second kappa shape index (κ2) is 57.6. The van der Waals surface area contributed by atoms with Crippen LogP contribution in [0.2, 0.25) is 0 Å². The minimum absolute atomic E-state index is 0.0899. The first kappa shape index (κ1) is 66.1. The van der Waals surface area contributed by atoms with E-state index in [0.717, 1.165) is 141 Å². The van der Waals surface area contributed by atoms with Crippen molar-refractivity contribution in [1.29, 1.82) is 0 Å². The number of carbonyl (C=O) groups excluding carboxylic acids is 3. The van der Waals surface area contributed by atoms with E-state index in [1.165, 1.54) is 77.0 Å². The summed E-state index contributed by atoms with van der Waals surface area (Å²) in [6.45, 7) is 6.42. The summed E-state index contributed by atoms with van der Waals surface area (Å²) >= 11 is 0. The predicted octanol–water partition coefficient (Wildman–Crippen LogP) is 19.5. The molecule has 0 saturated heterocycles. The SMILES string of the molecule is CC/C=C\C/C=C\C/C=C\C/C=C\C/C=C\C/C=C\C/C=C\CCCCCCCCCC(=O)OCC(COC(=O)CCCCCCC/C=C\CCC)OC(=O)CCCCCCC/C=C\CCCCCC. The molecule has 0 aliphatic rings. The molecule has 0 aromatic carbocycles. The third-order valence-corrected chi connectivity index (χ3v) is 12.0. The molecule has 0 aliphatic heterocycles. The third-order valence-electron chi connectivity index (χ3n) is 12.0. The molecular formula is C64H106O6. The normalized spacial score (nSPS) is 12.9. The van der Waals surface area contributed by atoms with Crippen LogP contribution in [0.3, 0.4) is 0 Å². The number of esters is 3. The molecule has 70 heavy (non-hydrogen) atoms. The summed E-state index contributed by atoms with van der Waals surface area (Å²) in [5.74, 6) is -0.922. The summed E-state index contributed by atoms with van der Waals surface area (Å²) in [5.41, 5.74) is 0. The highest BCUT2D eigenvalue weighted by molar-refractivity contribution is 5.71. The average Bonchev–Trinajstić information content (AvgIpc) is 3.36. The maximum Gasteiger partial charge on any atom is 0.306 e. The van der Waals surface area contributed by atoms with Crippen LogP contribution < -0.4 is 0 Å². The molecule has 0 amide bonds. The van der Waals surface area contributed by atoms with Crippen molar-refractivity contribution in [1.82, 2.24) is 0 Å². The van der Waals surface area contributed by atoms with Crippen molar-refractivity contribution in [3.63, 3.8) is 0 Å². The van der Waals surface area contributed by atoms with E-state index in [4.69, 9.17) is 14.2 Å². The first-order valence-electron chi connectivity index (χ1n) is 28.9. The van der Waals surface area contributed by atoms with Crippen molar-refractivity contribution in [2.75, 3.05) is 13.2 Å². The van der Waals surface area contributed by atoms with Gasteiger partial charge in [-0.05, 0) is 122 Å². The minimum Gasteiger partial charge on any atom is -0.462 e. The molecule has 0 heterocycles. The molecule has 0 aliphatic carbocycles. The number of hydrogen-bond donors (Lipinski definition) is 0. The number of allylic oxidation sites excluding steroid dienone is 18. The van der Waals surface area contributed by atoms with Crippen LogP contribution in [0.1, 0.15) is 258 Å². The van der Waals surface area contributed by atoms with Crippen LogP contribution in [0.25, 0.3) is 0 Å². The Balaban J connectivity index is 4.26. The Labute approximate surface area is 431 Å².